The van der Waals surface area contributed by atoms with Crippen LogP contribution in [0.15, 0.2) is 23.5 Å². The highest BCUT2D eigenvalue weighted by Crippen LogP contribution is 2.34. The van der Waals surface area contributed by atoms with Crippen LogP contribution in [0.5, 0.6) is 0 Å². The molecule has 2 nitrogen and oxygen atoms in total. The van der Waals surface area contributed by atoms with Gasteiger partial charge in [-0.3, -0.25) is 0 Å². The van der Waals surface area contributed by atoms with Gasteiger partial charge in [0.05, 0.1) is 5.03 Å². The molecule has 0 aromatic rings. The summed E-state index contributed by atoms with van der Waals surface area (Å²) in [4.78, 5) is 2.45. The molecule has 1 N–H and O–H groups in total. The minimum atomic E-state index is 0.673. The monoisotopic (exact) mass is 240 g/mol. The topological polar surface area (TPSA) is 15.3 Å². The summed E-state index contributed by atoms with van der Waals surface area (Å²) in [7, 11) is 2.22. The maximum Gasteiger partial charge on any atom is 0.0904 e. The van der Waals surface area contributed by atoms with Crippen LogP contribution in [-0.2, 0) is 0 Å². The smallest absolute Gasteiger partial charge is 0.0904 e. The van der Waals surface area contributed by atoms with Crippen LogP contribution in [0.1, 0.15) is 39.5 Å². The van der Waals surface area contributed by atoms with Crippen LogP contribution >= 0.6 is 11.8 Å². The van der Waals surface area contributed by atoms with E-state index in [4.69, 9.17) is 0 Å². The van der Waals surface area contributed by atoms with Crippen molar-refractivity contribution in [2.24, 2.45) is 0 Å². The Morgan fingerprint density at radius 2 is 2.31 bits per heavy atom. The summed E-state index contributed by atoms with van der Waals surface area (Å²) in [6, 6.07) is 0.673. The van der Waals surface area contributed by atoms with Gasteiger partial charge in [-0.15, -0.1) is 11.8 Å². The van der Waals surface area contributed by atoms with Crippen molar-refractivity contribution in [3.63, 3.8) is 0 Å². The first-order valence-electron chi connectivity index (χ1n) is 6.20. The van der Waals surface area contributed by atoms with E-state index in [-0.39, 0.29) is 0 Å². The Morgan fingerprint density at radius 1 is 1.56 bits per heavy atom. The van der Waals surface area contributed by atoms with Gasteiger partial charge in [0.25, 0.3) is 0 Å². The van der Waals surface area contributed by atoms with E-state index >= 15 is 0 Å². The fourth-order valence-corrected chi connectivity index (χ4v) is 3.37. The lowest BCUT2D eigenvalue weighted by Crippen LogP contribution is -2.30. The number of thioether (sulfide) groups is 1. The minimum absolute atomic E-state index is 0.673. The van der Waals surface area contributed by atoms with E-state index in [1.165, 1.54) is 35.7 Å². The molecule has 0 saturated heterocycles. The van der Waals surface area contributed by atoms with Crippen molar-refractivity contribution in [2.45, 2.75) is 45.6 Å². The van der Waals surface area contributed by atoms with Gasteiger partial charge in [-0.25, -0.2) is 0 Å². The standard InChI is InChI=1S/C13H24N2S/c1-5-8-11(6-2)15(4)13-12(14-7-3)9-10-16-13/h7,11,14H,3,5-6,8-10H2,1-2,4H3. The fraction of sp³-hybridized carbons (Fsp3) is 0.692. The van der Waals surface area contributed by atoms with Gasteiger partial charge in [0, 0.05) is 24.5 Å². The first-order valence-corrected chi connectivity index (χ1v) is 7.19. The summed E-state index contributed by atoms with van der Waals surface area (Å²) in [6.07, 6.45) is 6.67. The molecular formula is C13H24N2S. The van der Waals surface area contributed by atoms with Crippen LogP contribution in [0.25, 0.3) is 0 Å². The first-order chi connectivity index (χ1) is 7.74. The van der Waals surface area contributed by atoms with Crippen LogP contribution in [0.2, 0.25) is 0 Å². The van der Waals surface area contributed by atoms with E-state index < -0.39 is 0 Å². The molecule has 0 saturated carbocycles. The van der Waals surface area contributed by atoms with Crippen LogP contribution in [-0.4, -0.2) is 23.7 Å². The van der Waals surface area contributed by atoms with Gasteiger partial charge >= 0.3 is 0 Å². The first kappa shape index (κ1) is 13.5. The molecule has 0 spiro atoms. The van der Waals surface area contributed by atoms with Crippen molar-refractivity contribution in [3.8, 4) is 0 Å². The Balaban J connectivity index is 2.72. The molecular weight excluding hydrogens is 216 g/mol. The highest BCUT2D eigenvalue weighted by molar-refractivity contribution is 8.03. The van der Waals surface area contributed by atoms with Crippen molar-refractivity contribution in [3.05, 3.63) is 23.5 Å². The second-order valence-electron chi connectivity index (χ2n) is 4.19. The largest absolute Gasteiger partial charge is 0.365 e. The molecule has 0 aliphatic carbocycles. The number of nitrogens with zero attached hydrogens (tertiary/aromatic N) is 1. The second-order valence-corrected chi connectivity index (χ2v) is 5.28. The molecule has 0 aromatic carbocycles. The van der Waals surface area contributed by atoms with Gasteiger partial charge in [0.1, 0.15) is 0 Å². The lowest BCUT2D eigenvalue weighted by molar-refractivity contribution is 0.292. The van der Waals surface area contributed by atoms with E-state index in [9.17, 15) is 0 Å². The van der Waals surface area contributed by atoms with E-state index in [1.54, 1.807) is 6.20 Å². The van der Waals surface area contributed by atoms with Crippen LogP contribution in [0, 0.1) is 0 Å². The Bertz CT molecular complexity index is 261. The summed E-state index contributed by atoms with van der Waals surface area (Å²) >= 11 is 1.96. The fourth-order valence-electron chi connectivity index (χ4n) is 2.19. The van der Waals surface area contributed by atoms with Gasteiger partial charge in [-0.2, -0.15) is 0 Å². The van der Waals surface area contributed by atoms with E-state index in [2.05, 4.69) is 37.7 Å². The van der Waals surface area contributed by atoms with Gasteiger partial charge in [0.15, 0.2) is 0 Å². The van der Waals surface area contributed by atoms with Crippen LogP contribution in [0.3, 0.4) is 0 Å². The summed E-state index contributed by atoms with van der Waals surface area (Å²) < 4.78 is 0. The molecule has 0 bridgehead atoms. The van der Waals surface area contributed by atoms with Crippen molar-refractivity contribution in [1.29, 1.82) is 0 Å². The van der Waals surface area contributed by atoms with E-state index in [0.29, 0.717) is 6.04 Å². The summed E-state index contributed by atoms with van der Waals surface area (Å²) in [6.45, 7) is 8.28. The summed E-state index contributed by atoms with van der Waals surface area (Å²) in [5, 5.41) is 4.69. The molecule has 1 aliphatic rings. The predicted molar refractivity (Wildman–Crippen MR) is 74.2 cm³/mol. The zero-order valence-corrected chi connectivity index (χ0v) is 11.6. The molecule has 1 unspecified atom stereocenters. The third-order valence-corrected chi connectivity index (χ3v) is 4.30. The maximum atomic E-state index is 3.75. The number of hydrogen-bond acceptors (Lipinski definition) is 3. The zero-order chi connectivity index (χ0) is 12.0. The molecule has 92 valence electrons. The van der Waals surface area contributed by atoms with Gasteiger partial charge < -0.3 is 10.2 Å². The Kier molecular flexibility index (Phi) is 5.81. The van der Waals surface area contributed by atoms with Crippen LogP contribution < -0.4 is 5.32 Å². The Hall–Kier alpha value is -0.570. The van der Waals surface area contributed by atoms with Gasteiger partial charge in [0.2, 0.25) is 0 Å². The highest BCUT2D eigenvalue weighted by atomic mass is 32.2. The molecule has 3 heteroatoms. The Morgan fingerprint density at radius 3 is 2.88 bits per heavy atom. The molecule has 1 rings (SSSR count). The number of allylic oxidation sites excluding steroid dienone is 1. The summed E-state index contributed by atoms with van der Waals surface area (Å²) in [5.74, 6) is 1.19. The minimum Gasteiger partial charge on any atom is -0.365 e. The van der Waals surface area contributed by atoms with Crippen molar-refractivity contribution < 1.29 is 0 Å². The molecule has 0 fully saturated rings. The molecule has 0 amide bonds. The number of hydrogen-bond donors (Lipinski definition) is 1. The average molecular weight is 240 g/mol. The van der Waals surface area contributed by atoms with Gasteiger partial charge in [-0.05, 0) is 25.5 Å². The molecule has 1 heterocycles. The van der Waals surface area contributed by atoms with Crippen LogP contribution in [0.4, 0.5) is 0 Å². The maximum absolute atomic E-state index is 3.75. The highest BCUT2D eigenvalue weighted by Gasteiger charge is 2.22. The lowest BCUT2D eigenvalue weighted by Gasteiger charge is -2.30. The SMILES string of the molecule is C=CNC1=C(N(C)C(CC)CCC)SCC1. The lowest BCUT2D eigenvalue weighted by atomic mass is 10.1. The molecule has 1 atom stereocenters. The number of nitrogens with one attached hydrogen (secondary N) is 1. The van der Waals surface area contributed by atoms with Crippen molar-refractivity contribution in [2.75, 3.05) is 12.8 Å². The molecule has 0 aromatic heterocycles. The van der Waals surface area contributed by atoms with Crippen molar-refractivity contribution in [1.82, 2.24) is 10.2 Å². The van der Waals surface area contributed by atoms with E-state index in [0.717, 1.165) is 6.42 Å². The zero-order valence-electron chi connectivity index (χ0n) is 10.8. The van der Waals surface area contributed by atoms with Gasteiger partial charge in [-0.1, -0.05) is 26.8 Å². The summed E-state index contributed by atoms with van der Waals surface area (Å²) in [5.41, 5.74) is 1.34. The average Bonchev–Trinajstić information content (AvgIpc) is 2.73. The molecule has 1 aliphatic heterocycles. The second kappa shape index (κ2) is 6.89. The van der Waals surface area contributed by atoms with E-state index in [1.807, 2.05) is 11.8 Å². The third-order valence-electron chi connectivity index (χ3n) is 3.09. The predicted octanol–water partition coefficient (Wildman–Crippen LogP) is 3.54. The quantitative estimate of drug-likeness (QED) is 0.733. The Labute approximate surface area is 104 Å². The normalized spacial score (nSPS) is 17.4. The number of rotatable bonds is 7. The third kappa shape index (κ3) is 3.21. The van der Waals surface area contributed by atoms with Crippen molar-refractivity contribution >= 4 is 11.8 Å². The molecule has 0 radical (unpaired) electrons. The molecule has 16 heavy (non-hydrogen) atoms.